The Morgan fingerprint density at radius 1 is 1.44 bits per heavy atom. The molecular formula is C12H14N2O3S. The van der Waals surface area contributed by atoms with Crippen molar-refractivity contribution in [1.29, 1.82) is 0 Å². The molecule has 0 aromatic carbocycles. The molecule has 0 bridgehead atoms. The number of nitrogens with zero attached hydrogens (tertiary/aromatic N) is 1. The summed E-state index contributed by atoms with van der Waals surface area (Å²) in [4.78, 5) is 16.0. The third-order valence-corrected chi connectivity index (χ3v) is 4.24. The molecule has 0 radical (unpaired) electrons. The summed E-state index contributed by atoms with van der Waals surface area (Å²) in [5.41, 5.74) is 2.24. The number of nitrogens with one attached hydrogen (secondary N) is 1. The van der Waals surface area contributed by atoms with E-state index < -0.39 is 15.9 Å². The predicted molar refractivity (Wildman–Crippen MR) is 67.9 cm³/mol. The molecule has 0 fully saturated rings. The van der Waals surface area contributed by atoms with E-state index in [0.717, 1.165) is 16.7 Å². The predicted octanol–water partition coefficient (Wildman–Crippen LogP) is 0.739. The molecule has 1 aromatic heterocycles. The summed E-state index contributed by atoms with van der Waals surface area (Å²) in [7, 11) is -3.15. The van der Waals surface area contributed by atoms with Crippen LogP contribution in [0.5, 0.6) is 0 Å². The van der Waals surface area contributed by atoms with Crippen LogP contribution in [0, 0.1) is 13.8 Å². The fourth-order valence-electron chi connectivity index (χ4n) is 1.68. The lowest BCUT2D eigenvalue weighted by atomic mass is 10.1. The molecule has 1 N–H and O–H groups in total. The Balaban J connectivity index is 2.09. The first-order valence-corrected chi connectivity index (χ1v) is 7.24. The molecule has 18 heavy (non-hydrogen) atoms. The fourth-order valence-corrected chi connectivity index (χ4v) is 2.92. The maximum atomic E-state index is 11.9. The lowest BCUT2D eigenvalue weighted by molar-refractivity contribution is 0.0947. The Hall–Kier alpha value is -1.69. The van der Waals surface area contributed by atoms with Crippen molar-refractivity contribution < 1.29 is 13.2 Å². The molecule has 0 aliphatic carbocycles. The van der Waals surface area contributed by atoms with Crippen LogP contribution in [-0.4, -0.2) is 31.1 Å². The van der Waals surface area contributed by atoms with Crippen LogP contribution in [0.1, 0.15) is 21.6 Å². The number of hydrogen-bond donors (Lipinski definition) is 1. The number of amides is 1. The zero-order valence-electron chi connectivity index (χ0n) is 10.2. The molecule has 0 unspecified atom stereocenters. The smallest absolute Gasteiger partial charge is 0.253 e. The Kier molecular flexibility index (Phi) is 3.21. The van der Waals surface area contributed by atoms with Gasteiger partial charge in [0.25, 0.3) is 5.91 Å². The quantitative estimate of drug-likeness (QED) is 0.856. The average molecular weight is 266 g/mol. The molecule has 96 valence electrons. The SMILES string of the molecule is Cc1cc(C(=O)N[C@@H]2C=CS(=O)(=O)C2)cnc1C. The normalized spacial score (nSPS) is 20.9. The second-order valence-corrected chi connectivity index (χ2v) is 6.30. The first-order valence-electron chi connectivity index (χ1n) is 5.52. The van der Waals surface area contributed by atoms with Gasteiger partial charge in [0.2, 0.25) is 0 Å². The summed E-state index contributed by atoms with van der Waals surface area (Å²) in [5, 5.41) is 3.79. The van der Waals surface area contributed by atoms with Gasteiger partial charge in [0.05, 0.1) is 17.4 Å². The Morgan fingerprint density at radius 3 is 2.72 bits per heavy atom. The van der Waals surface area contributed by atoms with Gasteiger partial charge in [-0.2, -0.15) is 0 Å². The van der Waals surface area contributed by atoms with Gasteiger partial charge in [-0.05, 0) is 31.6 Å². The zero-order valence-corrected chi connectivity index (χ0v) is 11.0. The van der Waals surface area contributed by atoms with E-state index in [1.807, 2.05) is 13.8 Å². The van der Waals surface area contributed by atoms with Gasteiger partial charge in [-0.1, -0.05) is 0 Å². The molecule has 1 aliphatic rings. The van der Waals surface area contributed by atoms with Crippen LogP contribution in [-0.2, 0) is 9.84 Å². The molecule has 1 atom stereocenters. The minimum atomic E-state index is -3.15. The Labute approximate surface area is 106 Å². The van der Waals surface area contributed by atoms with Crippen molar-refractivity contribution in [3.8, 4) is 0 Å². The molecule has 1 aromatic rings. The molecule has 2 rings (SSSR count). The number of aromatic nitrogens is 1. The van der Waals surface area contributed by atoms with Gasteiger partial charge in [-0.3, -0.25) is 9.78 Å². The van der Waals surface area contributed by atoms with Gasteiger partial charge >= 0.3 is 0 Å². The van der Waals surface area contributed by atoms with E-state index in [1.54, 1.807) is 6.07 Å². The van der Waals surface area contributed by atoms with Gasteiger partial charge in [0.1, 0.15) is 0 Å². The van der Waals surface area contributed by atoms with Gasteiger partial charge in [-0.25, -0.2) is 8.42 Å². The van der Waals surface area contributed by atoms with E-state index in [0.29, 0.717) is 5.56 Å². The van der Waals surface area contributed by atoms with Crippen LogP contribution in [0.4, 0.5) is 0 Å². The van der Waals surface area contributed by atoms with E-state index in [9.17, 15) is 13.2 Å². The topological polar surface area (TPSA) is 76.1 Å². The number of hydrogen-bond acceptors (Lipinski definition) is 4. The van der Waals surface area contributed by atoms with Crippen molar-refractivity contribution in [2.24, 2.45) is 0 Å². The molecule has 0 saturated carbocycles. The second-order valence-electron chi connectivity index (χ2n) is 4.36. The van der Waals surface area contributed by atoms with Gasteiger partial charge in [-0.15, -0.1) is 0 Å². The van der Waals surface area contributed by atoms with E-state index >= 15 is 0 Å². The number of rotatable bonds is 2. The van der Waals surface area contributed by atoms with E-state index in [-0.39, 0.29) is 11.7 Å². The molecule has 1 amide bonds. The van der Waals surface area contributed by atoms with E-state index in [1.165, 1.54) is 12.3 Å². The summed E-state index contributed by atoms with van der Waals surface area (Å²) in [6.45, 7) is 3.74. The molecule has 2 heterocycles. The largest absolute Gasteiger partial charge is 0.345 e. The van der Waals surface area contributed by atoms with Crippen molar-refractivity contribution >= 4 is 15.7 Å². The van der Waals surface area contributed by atoms with Crippen LogP contribution in [0.3, 0.4) is 0 Å². The maximum absolute atomic E-state index is 11.9. The van der Waals surface area contributed by atoms with E-state index in [4.69, 9.17) is 0 Å². The summed E-state index contributed by atoms with van der Waals surface area (Å²) in [5.74, 6) is -0.380. The van der Waals surface area contributed by atoms with Crippen LogP contribution < -0.4 is 5.32 Å². The van der Waals surface area contributed by atoms with Crippen molar-refractivity contribution in [3.05, 3.63) is 40.6 Å². The third kappa shape index (κ3) is 2.76. The fraction of sp³-hybridized carbons (Fsp3) is 0.333. The van der Waals surface area contributed by atoms with Crippen LogP contribution in [0.25, 0.3) is 0 Å². The average Bonchev–Trinajstić information content (AvgIpc) is 2.62. The third-order valence-electron chi connectivity index (χ3n) is 2.85. The highest BCUT2D eigenvalue weighted by molar-refractivity contribution is 7.94. The highest BCUT2D eigenvalue weighted by Gasteiger charge is 2.23. The van der Waals surface area contributed by atoms with Gasteiger partial charge in [0.15, 0.2) is 9.84 Å². The van der Waals surface area contributed by atoms with Crippen LogP contribution >= 0.6 is 0 Å². The first-order chi connectivity index (χ1) is 8.37. The summed E-state index contributed by atoms with van der Waals surface area (Å²) >= 11 is 0. The van der Waals surface area contributed by atoms with Crippen molar-refractivity contribution in [3.63, 3.8) is 0 Å². The minimum absolute atomic E-state index is 0.0724. The lowest BCUT2D eigenvalue weighted by Crippen LogP contribution is -2.35. The number of aryl methyl sites for hydroxylation is 2. The van der Waals surface area contributed by atoms with Gasteiger partial charge < -0.3 is 5.32 Å². The Morgan fingerprint density at radius 2 is 2.17 bits per heavy atom. The molecular weight excluding hydrogens is 252 g/mol. The molecule has 6 heteroatoms. The number of pyridine rings is 1. The summed E-state index contributed by atoms with van der Waals surface area (Å²) in [6.07, 6.45) is 2.98. The summed E-state index contributed by atoms with van der Waals surface area (Å²) in [6, 6.07) is 1.29. The molecule has 0 spiro atoms. The minimum Gasteiger partial charge on any atom is -0.345 e. The lowest BCUT2D eigenvalue weighted by Gasteiger charge is -2.10. The highest BCUT2D eigenvalue weighted by atomic mass is 32.2. The number of carbonyl (C=O) groups excluding carboxylic acids is 1. The first kappa shape index (κ1) is 12.8. The number of sulfone groups is 1. The zero-order chi connectivity index (χ0) is 13.3. The van der Waals surface area contributed by atoms with E-state index in [2.05, 4.69) is 10.3 Å². The Bertz CT molecular complexity index is 620. The van der Waals surface area contributed by atoms with Crippen molar-refractivity contribution in [2.75, 3.05) is 5.75 Å². The number of carbonyl (C=O) groups is 1. The highest BCUT2D eigenvalue weighted by Crippen LogP contribution is 2.10. The van der Waals surface area contributed by atoms with Crippen LogP contribution in [0.2, 0.25) is 0 Å². The molecule has 5 nitrogen and oxygen atoms in total. The van der Waals surface area contributed by atoms with Crippen molar-refractivity contribution in [2.45, 2.75) is 19.9 Å². The summed E-state index contributed by atoms with van der Waals surface area (Å²) < 4.78 is 22.4. The second kappa shape index (κ2) is 4.53. The maximum Gasteiger partial charge on any atom is 0.253 e. The monoisotopic (exact) mass is 266 g/mol. The standard InChI is InChI=1S/C12H14N2O3S/c1-8-5-10(6-13-9(8)2)12(15)14-11-3-4-18(16,17)7-11/h3-6,11H,7H2,1-2H3,(H,14,15)/t11-/m1/s1. The molecule has 0 saturated heterocycles. The van der Waals surface area contributed by atoms with Gasteiger partial charge in [0, 0.05) is 17.3 Å². The van der Waals surface area contributed by atoms with Crippen molar-refractivity contribution in [1.82, 2.24) is 10.3 Å². The molecule has 1 aliphatic heterocycles. The van der Waals surface area contributed by atoms with Crippen LogP contribution in [0.15, 0.2) is 23.7 Å².